The molecule has 1 atom stereocenters. The number of hydrogen-bond donors (Lipinski definition) is 1. The molecule has 3 rings (SSSR count). The molecule has 1 aromatic heterocycles. The first-order chi connectivity index (χ1) is 17.2. The van der Waals surface area contributed by atoms with Crippen LogP contribution in [0, 0.1) is 0 Å². The highest BCUT2D eigenvalue weighted by Crippen LogP contribution is 2.23. The topological polar surface area (TPSA) is 78.7 Å². The Morgan fingerprint density at radius 2 is 1.51 bits per heavy atom. The number of aromatic nitrogens is 2. The summed E-state index contributed by atoms with van der Waals surface area (Å²) >= 11 is 1.33. The van der Waals surface area contributed by atoms with E-state index < -0.39 is 0 Å². The molecule has 0 aliphatic carbocycles. The van der Waals surface area contributed by atoms with E-state index in [1.165, 1.54) is 69.3 Å². The molecule has 6 heteroatoms. The summed E-state index contributed by atoms with van der Waals surface area (Å²) in [5.74, 6) is -0.0120. The lowest BCUT2D eigenvalue weighted by atomic mass is 9.97. The number of amides is 1. The number of hydrogen-bond acceptors (Lipinski definition) is 4. The predicted octanol–water partition coefficient (Wildman–Crippen LogP) is 7.42. The smallest absolute Gasteiger partial charge is 0.251 e. The first-order valence-electron chi connectivity index (χ1n) is 13.1. The molecule has 0 aliphatic rings. The average molecular weight is 492 g/mol. The molecule has 2 aromatic carbocycles. The number of benzene rings is 2. The maximum Gasteiger partial charge on any atom is 0.251 e. The highest BCUT2D eigenvalue weighted by molar-refractivity contribution is 7.03. The van der Waals surface area contributed by atoms with Crippen molar-refractivity contribution in [1.29, 1.82) is 0 Å². The van der Waals surface area contributed by atoms with Gasteiger partial charge in [-0.3, -0.25) is 4.79 Å². The maximum atomic E-state index is 12.4. The van der Waals surface area contributed by atoms with Crippen LogP contribution in [-0.4, -0.2) is 22.0 Å². The van der Waals surface area contributed by atoms with Crippen molar-refractivity contribution in [1.82, 2.24) is 20.6 Å². The van der Waals surface area contributed by atoms with Crippen LogP contribution in [0.4, 0.5) is 0 Å². The lowest BCUT2D eigenvalue weighted by molar-refractivity contribution is 0.0953. The fourth-order valence-corrected chi connectivity index (χ4v) is 4.70. The normalized spacial score (nSPS) is 11.9. The number of unbranched alkanes of at least 4 members (excludes halogenated alkanes) is 9. The van der Waals surface area contributed by atoms with E-state index in [0.717, 1.165) is 35.3 Å². The number of nitrogens with one attached hydrogen (secondary N) is 2. The van der Waals surface area contributed by atoms with Gasteiger partial charge in [-0.2, -0.15) is 0 Å². The Labute approximate surface area is 214 Å². The molecule has 1 radical (unpaired) electrons. The predicted molar refractivity (Wildman–Crippen MR) is 146 cm³/mol. The average Bonchev–Trinajstić information content (AvgIpc) is 3.43. The van der Waals surface area contributed by atoms with Gasteiger partial charge < -0.3 is 5.32 Å². The van der Waals surface area contributed by atoms with Gasteiger partial charge in [0, 0.05) is 23.1 Å². The lowest BCUT2D eigenvalue weighted by Crippen LogP contribution is -2.24. The van der Waals surface area contributed by atoms with E-state index in [1.54, 1.807) is 0 Å². The molecule has 0 saturated heterocycles. The van der Waals surface area contributed by atoms with Crippen molar-refractivity contribution < 1.29 is 4.79 Å². The van der Waals surface area contributed by atoms with Crippen molar-refractivity contribution in [2.45, 2.75) is 83.6 Å². The molecule has 1 amide bonds. The van der Waals surface area contributed by atoms with Gasteiger partial charge in [0.15, 0.2) is 0 Å². The molecule has 5 nitrogen and oxygen atoms in total. The van der Waals surface area contributed by atoms with Gasteiger partial charge in [0.2, 0.25) is 0 Å². The summed E-state index contributed by atoms with van der Waals surface area (Å²) in [6, 6.07) is 15.3. The summed E-state index contributed by atoms with van der Waals surface area (Å²) in [5, 5.41) is 9.05. The summed E-state index contributed by atoms with van der Waals surface area (Å²) in [4.78, 5) is 12.4. The molecule has 35 heavy (non-hydrogen) atoms. The van der Waals surface area contributed by atoms with E-state index in [0.29, 0.717) is 12.0 Å². The number of carbonyl (C=O) groups is 1. The van der Waals surface area contributed by atoms with Crippen LogP contribution in [-0.2, 0) is 6.42 Å². The zero-order valence-electron chi connectivity index (χ0n) is 21.0. The van der Waals surface area contributed by atoms with Gasteiger partial charge in [-0.15, -0.1) is 5.10 Å². The second-order valence-corrected chi connectivity index (χ2v) is 9.91. The summed E-state index contributed by atoms with van der Waals surface area (Å²) in [5.41, 5.74) is 13.1. The van der Waals surface area contributed by atoms with E-state index in [9.17, 15) is 4.79 Å². The van der Waals surface area contributed by atoms with E-state index in [2.05, 4.69) is 21.8 Å². The fourth-order valence-electron chi connectivity index (χ4n) is 4.24. The molecule has 0 spiro atoms. The van der Waals surface area contributed by atoms with Gasteiger partial charge in [-0.1, -0.05) is 106 Å². The van der Waals surface area contributed by atoms with Crippen LogP contribution < -0.4 is 11.1 Å². The molecule has 0 saturated carbocycles. The molecule has 0 bridgehead atoms. The third kappa shape index (κ3) is 9.54. The Morgan fingerprint density at radius 1 is 0.886 bits per heavy atom. The second kappa shape index (κ2) is 15.4. The lowest BCUT2D eigenvalue weighted by Gasteiger charge is -2.12. The molecule has 187 valence electrons. The number of carbonyl (C=O) groups excluding carboxylic acids is 1. The molecule has 1 heterocycles. The van der Waals surface area contributed by atoms with Crippen LogP contribution in [0.2, 0.25) is 0 Å². The van der Waals surface area contributed by atoms with E-state index in [4.69, 9.17) is 5.73 Å². The van der Waals surface area contributed by atoms with Crippen molar-refractivity contribution in [3.05, 3.63) is 70.6 Å². The molecule has 0 fully saturated rings. The molecular weight excluding hydrogens is 452 g/mol. The standard InChI is InChI=1S/C29H39N4OS/c1-2-3-4-5-6-7-8-9-10-11-20-31-29(34)26-14-12-23(13-15-26)21-27(30)24-16-18-25(19-17-24)28-22-35-33-32-28/h12-19,22,27,30H,2-11,20-21H2,1H3,(H,31,34). The van der Waals surface area contributed by atoms with Gasteiger partial charge in [0.1, 0.15) is 5.69 Å². The first kappa shape index (κ1) is 27.0. The minimum Gasteiger partial charge on any atom is -0.352 e. The van der Waals surface area contributed by atoms with Crippen molar-refractivity contribution in [2.75, 3.05) is 6.54 Å². The van der Waals surface area contributed by atoms with Gasteiger partial charge >= 0.3 is 0 Å². The van der Waals surface area contributed by atoms with Crippen LogP contribution in [0.15, 0.2) is 53.9 Å². The second-order valence-electron chi connectivity index (χ2n) is 9.30. The molecular formula is C29H39N4OS. The minimum atomic E-state index is -0.353. The zero-order valence-corrected chi connectivity index (χ0v) is 21.8. The molecule has 0 aliphatic heterocycles. The van der Waals surface area contributed by atoms with Crippen LogP contribution >= 0.6 is 11.5 Å². The van der Waals surface area contributed by atoms with Crippen LogP contribution in [0.25, 0.3) is 11.3 Å². The van der Waals surface area contributed by atoms with Crippen LogP contribution in [0.1, 0.15) is 98.7 Å². The maximum absolute atomic E-state index is 12.4. The van der Waals surface area contributed by atoms with Crippen molar-refractivity contribution >= 4 is 17.4 Å². The van der Waals surface area contributed by atoms with Crippen LogP contribution in [0.5, 0.6) is 0 Å². The number of nitrogens with zero attached hydrogens (tertiary/aromatic N) is 2. The summed E-state index contributed by atoms with van der Waals surface area (Å²) in [7, 11) is 0. The van der Waals surface area contributed by atoms with Crippen LogP contribution in [0.3, 0.4) is 0 Å². The van der Waals surface area contributed by atoms with Crippen molar-refractivity contribution in [2.24, 2.45) is 0 Å². The Kier molecular flexibility index (Phi) is 11.9. The minimum absolute atomic E-state index is 0.0120. The molecule has 1 unspecified atom stereocenters. The zero-order chi connectivity index (χ0) is 24.7. The van der Waals surface area contributed by atoms with Gasteiger partial charge in [-0.25, -0.2) is 5.73 Å². The Balaban J connectivity index is 1.32. The fraction of sp³-hybridized carbons (Fsp3) is 0.483. The highest BCUT2D eigenvalue weighted by atomic mass is 32.1. The largest absolute Gasteiger partial charge is 0.352 e. The van der Waals surface area contributed by atoms with Crippen molar-refractivity contribution in [3.63, 3.8) is 0 Å². The van der Waals surface area contributed by atoms with Gasteiger partial charge in [0.25, 0.3) is 5.91 Å². The Morgan fingerprint density at radius 3 is 2.11 bits per heavy atom. The van der Waals surface area contributed by atoms with Crippen molar-refractivity contribution in [3.8, 4) is 11.3 Å². The quantitative estimate of drug-likeness (QED) is 0.212. The Bertz CT molecular complexity index is 971. The van der Waals surface area contributed by atoms with E-state index in [1.807, 2.05) is 53.9 Å². The third-order valence-electron chi connectivity index (χ3n) is 6.44. The molecule has 3 aromatic rings. The molecule has 2 N–H and O–H groups in total. The summed E-state index contributed by atoms with van der Waals surface area (Å²) in [6.07, 6.45) is 13.6. The SMILES string of the molecule is CCCCCCCCCCCCNC(=O)c1ccc(CC([NH])c2ccc(-c3csnn3)cc2)cc1. The van der Waals surface area contributed by atoms with E-state index in [-0.39, 0.29) is 11.9 Å². The first-order valence-corrected chi connectivity index (χ1v) is 14.0. The van der Waals surface area contributed by atoms with Gasteiger partial charge in [0.05, 0.1) is 6.04 Å². The monoisotopic (exact) mass is 491 g/mol. The highest BCUT2D eigenvalue weighted by Gasteiger charge is 2.11. The summed E-state index contributed by atoms with van der Waals surface area (Å²) in [6.45, 7) is 2.99. The van der Waals surface area contributed by atoms with Gasteiger partial charge in [-0.05, 0) is 47.6 Å². The third-order valence-corrected chi connectivity index (χ3v) is 6.95. The van der Waals surface area contributed by atoms with E-state index >= 15 is 0 Å². The Hall–Kier alpha value is -2.57. The number of rotatable bonds is 16. The summed E-state index contributed by atoms with van der Waals surface area (Å²) < 4.78 is 3.90.